The van der Waals surface area contributed by atoms with E-state index >= 15 is 0 Å². The molecule has 0 bridgehead atoms. The quantitative estimate of drug-likeness (QED) is 0.846. The van der Waals surface area contributed by atoms with Crippen molar-refractivity contribution in [3.63, 3.8) is 0 Å². The number of nitrogen functional groups attached to an aromatic ring is 1. The van der Waals surface area contributed by atoms with Gasteiger partial charge in [-0.05, 0) is 37.0 Å². The first-order chi connectivity index (χ1) is 8.41. The first-order valence-electron chi connectivity index (χ1n) is 5.96. The van der Waals surface area contributed by atoms with Gasteiger partial charge in [0.1, 0.15) is 4.90 Å². The molecule has 0 amide bonds. The first-order valence-corrected chi connectivity index (χ1v) is 8.20. The monoisotopic (exact) mass is 332 g/mol. The molecule has 2 N–H and O–H groups in total. The maximum Gasteiger partial charge on any atom is 0.245 e. The number of nitrogens with two attached hydrogens (primary N) is 1. The SMILES string of the molecule is CC1CCCN(S(=O)(=O)c2cc(Br)ccc2N)C1. The third-order valence-corrected chi connectivity index (χ3v) is 5.63. The highest BCUT2D eigenvalue weighted by molar-refractivity contribution is 9.10. The maximum absolute atomic E-state index is 12.5. The van der Waals surface area contributed by atoms with Gasteiger partial charge in [0.25, 0.3) is 0 Å². The summed E-state index contributed by atoms with van der Waals surface area (Å²) in [4.78, 5) is 0.200. The molecule has 1 aliphatic heterocycles. The number of benzene rings is 1. The molecule has 1 aromatic rings. The van der Waals surface area contributed by atoms with Crippen molar-refractivity contribution in [2.45, 2.75) is 24.7 Å². The van der Waals surface area contributed by atoms with E-state index in [1.165, 1.54) is 0 Å². The van der Waals surface area contributed by atoms with E-state index in [1.54, 1.807) is 22.5 Å². The minimum absolute atomic E-state index is 0.200. The minimum atomic E-state index is -3.47. The van der Waals surface area contributed by atoms with Crippen LogP contribution in [0.3, 0.4) is 0 Å². The second-order valence-electron chi connectivity index (χ2n) is 4.79. The highest BCUT2D eigenvalue weighted by Gasteiger charge is 2.30. The Bertz CT molecular complexity index is 545. The normalized spacial score (nSPS) is 22.0. The Balaban J connectivity index is 2.38. The largest absolute Gasteiger partial charge is 0.398 e. The third kappa shape index (κ3) is 2.70. The molecule has 0 spiro atoms. The van der Waals surface area contributed by atoms with Gasteiger partial charge in [-0.15, -0.1) is 0 Å². The third-order valence-electron chi connectivity index (χ3n) is 3.21. The van der Waals surface area contributed by atoms with E-state index in [0.717, 1.165) is 17.3 Å². The predicted octanol–water partition coefficient (Wildman–Crippen LogP) is 2.45. The van der Waals surface area contributed by atoms with Crippen molar-refractivity contribution in [2.75, 3.05) is 18.8 Å². The lowest BCUT2D eigenvalue weighted by Crippen LogP contribution is -2.39. The van der Waals surface area contributed by atoms with Crippen LogP contribution >= 0.6 is 15.9 Å². The molecule has 1 aliphatic rings. The predicted molar refractivity (Wildman–Crippen MR) is 75.7 cm³/mol. The van der Waals surface area contributed by atoms with Crippen LogP contribution in [0.4, 0.5) is 5.69 Å². The van der Waals surface area contributed by atoms with Crippen LogP contribution in [-0.2, 0) is 10.0 Å². The Morgan fingerprint density at radius 1 is 1.44 bits per heavy atom. The summed E-state index contributed by atoms with van der Waals surface area (Å²) < 4.78 is 27.3. The molecule has 0 saturated carbocycles. The zero-order valence-electron chi connectivity index (χ0n) is 10.3. The van der Waals surface area contributed by atoms with Crippen molar-refractivity contribution >= 4 is 31.6 Å². The second kappa shape index (κ2) is 5.19. The van der Waals surface area contributed by atoms with Gasteiger partial charge in [-0.2, -0.15) is 4.31 Å². The summed E-state index contributed by atoms with van der Waals surface area (Å²) in [5.74, 6) is 0.405. The molecule has 1 unspecified atom stereocenters. The highest BCUT2D eigenvalue weighted by atomic mass is 79.9. The summed E-state index contributed by atoms with van der Waals surface area (Å²) in [5, 5.41) is 0. The van der Waals surface area contributed by atoms with Gasteiger partial charge in [-0.1, -0.05) is 22.9 Å². The van der Waals surface area contributed by atoms with Gasteiger partial charge in [0.05, 0.1) is 5.69 Å². The van der Waals surface area contributed by atoms with Crippen molar-refractivity contribution in [1.82, 2.24) is 4.31 Å². The number of rotatable bonds is 2. The van der Waals surface area contributed by atoms with Crippen LogP contribution in [0.15, 0.2) is 27.6 Å². The van der Waals surface area contributed by atoms with Gasteiger partial charge in [-0.25, -0.2) is 8.42 Å². The Morgan fingerprint density at radius 2 is 2.17 bits per heavy atom. The number of sulfonamides is 1. The number of hydrogen-bond acceptors (Lipinski definition) is 3. The molecule has 1 fully saturated rings. The van der Waals surface area contributed by atoms with Crippen LogP contribution < -0.4 is 5.73 Å². The van der Waals surface area contributed by atoms with Crippen LogP contribution in [0.2, 0.25) is 0 Å². The molecule has 18 heavy (non-hydrogen) atoms. The fourth-order valence-electron chi connectivity index (χ4n) is 2.24. The van der Waals surface area contributed by atoms with Gasteiger partial charge in [0, 0.05) is 17.6 Å². The number of halogens is 1. The van der Waals surface area contributed by atoms with Crippen LogP contribution in [0, 0.1) is 5.92 Å². The number of anilines is 1. The minimum Gasteiger partial charge on any atom is -0.398 e. The molecular formula is C12H17BrN2O2S. The first kappa shape index (κ1) is 13.8. The fourth-order valence-corrected chi connectivity index (χ4v) is 4.49. The molecule has 1 atom stereocenters. The van der Waals surface area contributed by atoms with E-state index in [4.69, 9.17) is 5.73 Å². The lowest BCUT2D eigenvalue weighted by Gasteiger charge is -2.30. The Labute approximate surface area is 116 Å². The molecule has 6 heteroatoms. The van der Waals surface area contributed by atoms with Gasteiger partial charge >= 0.3 is 0 Å². The van der Waals surface area contributed by atoms with Crippen molar-refractivity contribution in [3.05, 3.63) is 22.7 Å². The summed E-state index contributed by atoms with van der Waals surface area (Å²) >= 11 is 3.29. The molecule has 1 heterocycles. The molecule has 1 saturated heterocycles. The lowest BCUT2D eigenvalue weighted by atomic mass is 10.0. The Morgan fingerprint density at radius 3 is 2.83 bits per heavy atom. The number of piperidine rings is 1. The van der Waals surface area contributed by atoms with Crippen molar-refractivity contribution < 1.29 is 8.42 Å². The van der Waals surface area contributed by atoms with E-state index < -0.39 is 10.0 Å². The van der Waals surface area contributed by atoms with E-state index in [2.05, 4.69) is 22.9 Å². The smallest absolute Gasteiger partial charge is 0.245 e. The molecule has 2 rings (SSSR count). The van der Waals surface area contributed by atoms with Crippen LogP contribution in [-0.4, -0.2) is 25.8 Å². The molecule has 0 aromatic heterocycles. The topological polar surface area (TPSA) is 63.4 Å². The summed E-state index contributed by atoms with van der Waals surface area (Å²) in [6.07, 6.45) is 1.99. The number of hydrogen-bond donors (Lipinski definition) is 1. The van der Waals surface area contributed by atoms with E-state index in [0.29, 0.717) is 24.7 Å². The van der Waals surface area contributed by atoms with Gasteiger partial charge < -0.3 is 5.73 Å². The zero-order valence-corrected chi connectivity index (χ0v) is 12.7. The van der Waals surface area contributed by atoms with Crippen molar-refractivity contribution in [2.24, 2.45) is 5.92 Å². The standard InChI is InChI=1S/C12H17BrN2O2S/c1-9-3-2-6-15(8-9)18(16,17)12-7-10(13)4-5-11(12)14/h4-5,7,9H,2-3,6,8,14H2,1H3. The van der Waals surface area contributed by atoms with Crippen LogP contribution in [0.5, 0.6) is 0 Å². The second-order valence-corrected chi connectivity index (χ2v) is 7.61. The number of nitrogens with zero attached hydrogens (tertiary/aromatic N) is 1. The molecule has 4 nitrogen and oxygen atoms in total. The van der Waals surface area contributed by atoms with Crippen LogP contribution in [0.1, 0.15) is 19.8 Å². The molecule has 1 aromatic carbocycles. The summed E-state index contributed by atoms with van der Waals surface area (Å²) in [6, 6.07) is 4.93. The van der Waals surface area contributed by atoms with E-state index in [-0.39, 0.29) is 4.90 Å². The average Bonchev–Trinajstić information content (AvgIpc) is 2.32. The van der Waals surface area contributed by atoms with Gasteiger partial charge in [0.15, 0.2) is 0 Å². The highest BCUT2D eigenvalue weighted by Crippen LogP contribution is 2.28. The molecule has 100 valence electrons. The van der Waals surface area contributed by atoms with E-state index in [9.17, 15) is 8.42 Å². The van der Waals surface area contributed by atoms with Gasteiger partial charge in [-0.3, -0.25) is 0 Å². The summed E-state index contributed by atoms with van der Waals surface area (Å²) in [7, 11) is -3.47. The summed E-state index contributed by atoms with van der Waals surface area (Å²) in [5.41, 5.74) is 6.09. The lowest BCUT2D eigenvalue weighted by molar-refractivity contribution is 0.281. The summed E-state index contributed by atoms with van der Waals surface area (Å²) in [6.45, 7) is 3.23. The molecule has 0 radical (unpaired) electrons. The van der Waals surface area contributed by atoms with Crippen molar-refractivity contribution in [3.8, 4) is 0 Å². The van der Waals surface area contributed by atoms with Crippen molar-refractivity contribution in [1.29, 1.82) is 0 Å². The maximum atomic E-state index is 12.5. The fraction of sp³-hybridized carbons (Fsp3) is 0.500. The molecular weight excluding hydrogens is 316 g/mol. The Kier molecular flexibility index (Phi) is 3.99. The van der Waals surface area contributed by atoms with Crippen LogP contribution in [0.25, 0.3) is 0 Å². The zero-order chi connectivity index (χ0) is 13.3. The average molecular weight is 333 g/mol. The van der Waals surface area contributed by atoms with Gasteiger partial charge in [0.2, 0.25) is 10.0 Å². The molecule has 0 aliphatic carbocycles. The Hall–Kier alpha value is -0.590. The van der Waals surface area contributed by atoms with E-state index in [1.807, 2.05) is 0 Å².